The van der Waals surface area contributed by atoms with E-state index in [1.165, 1.54) is 12.1 Å². The Balaban J connectivity index is 1.72. The smallest absolute Gasteiger partial charge is 0.225 e. The molecule has 0 aliphatic heterocycles. The predicted octanol–water partition coefficient (Wildman–Crippen LogP) is 4.21. The van der Waals surface area contributed by atoms with Crippen LogP contribution in [0.15, 0.2) is 83.8 Å². The summed E-state index contributed by atoms with van der Waals surface area (Å²) in [6.45, 7) is 4.22. The second-order valence-corrected chi connectivity index (χ2v) is 11.7. The van der Waals surface area contributed by atoms with E-state index in [1.54, 1.807) is 12.1 Å². The fourth-order valence-corrected chi connectivity index (χ4v) is 5.71. The Morgan fingerprint density at radius 3 is 1.81 bits per heavy atom. The number of benzene rings is 3. The van der Waals surface area contributed by atoms with Crippen molar-refractivity contribution >= 4 is 20.0 Å². The van der Waals surface area contributed by atoms with Crippen LogP contribution in [0.2, 0.25) is 0 Å². The van der Waals surface area contributed by atoms with Gasteiger partial charge in [-0.3, -0.25) is 0 Å². The number of hydrogen-bond acceptors (Lipinski definition) is 4. The highest BCUT2D eigenvalue weighted by atomic mass is 32.2. The summed E-state index contributed by atoms with van der Waals surface area (Å²) in [6, 6.07) is 23.0. The molecule has 3 aromatic rings. The Hall–Kier alpha value is -2.52. The third-order valence-corrected chi connectivity index (χ3v) is 7.87. The Labute approximate surface area is 190 Å². The fraction of sp³-hybridized carbons (Fsp3) is 0.250. The molecule has 0 aliphatic rings. The van der Waals surface area contributed by atoms with Crippen molar-refractivity contribution in [2.45, 2.75) is 37.0 Å². The topological polar surface area (TPSA) is 106 Å². The van der Waals surface area contributed by atoms with E-state index in [9.17, 15) is 16.8 Å². The van der Waals surface area contributed by atoms with Crippen molar-refractivity contribution in [3.63, 3.8) is 0 Å². The SMILES string of the molecule is CC(C)CC(c1ccccc1)S(=O)(=O)NCc1ccc(-c2ccc(S(N)(=O)=O)cc2)cc1. The van der Waals surface area contributed by atoms with Gasteiger partial charge < -0.3 is 0 Å². The highest BCUT2D eigenvalue weighted by molar-refractivity contribution is 7.89. The maximum atomic E-state index is 13.1. The maximum absolute atomic E-state index is 13.1. The maximum Gasteiger partial charge on any atom is 0.238 e. The first-order chi connectivity index (χ1) is 15.1. The molecule has 1 atom stereocenters. The van der Waals surface area contributed by atoms with Gasteiger partial charge >= 0.3 is 0 Å². The van der Waals surface area contributed by atoms with Gasteiger partial charge in [0.25, 0.3) is 0 Å². The third-order valence-electron chi connectivity index (χ3n) is 5.18. The van der Waals surface area contributed by atoms with Crippen LogP contribution in [0.25, 0.3) is 11.1 Å². The lowest BCUT2D eigenvalue weighted by Crippen LogP contribution is -2.29. The number of rotatable bonds is 9. The van der Waals surface area contributed by atoms with E-state index in [2.05, 4.69) is 4.72 Å². The lowest BCUT2D eigenvalue weighted by molar-refractivity contribution is 0.522. The summed E-state index contributed by atoms with van der Waals surface area (Å²) in [4.78, 5) is 0.0571. The van der Waals surface area contributed by atoms with E-state index >= 15 is 0 Å². The molecule has 3 N–H and O–H groups in total. The van der Waals surface area contributed by atoms with Crippen LogP contribution in [0, 0.1) is 5.92 Å². The normalized spacial score (nSPS) is 13.2. The molecule has 0 amide bonds. The Morgan fingerprint density at radius 2 is 1.31 bits per heavy atom. The largest absolute Gasteiger partial charge is 0.238 e. The number of nitrogens with one attached hydrogen (secondary N) is 1. The molecule has 8 heteroatoms. The molecule has 32 heavy (non-hydrogen) atoms. The number of nitrogens with two attached hydrogens (primary N) is 1. The molecule has 0 saturated heterocycles. The minimum absolute atomic E-state index is 0.0571. The lowest BCUT2D eigenvalue weighted by Gasteiger charge is -2.20. The molecule has 3 rings (SSSR count). The highest BCUT2D eigenvalue weighted by Gasteiger charge is 2.27. The van der Waals surface area contributed by atoms with Gasteiger partial charge in [-0.1, -0.05) is 80.6 Å². The van der Waals surface area contributed by atoms with Gasteiger partial charge in [0.2, 0.25) is 20.0 Å². The number of sulfonamides is 2. The molecular weight excluding hydrogens is 444 g/mol. The minimum Gasteiger partial charge on any atom is -0.225 e. The molecule has 0 aromatic heterocycles. The third kappa shape index (κ3) is 6.26. The van der Waals surface area contributed by atoms with Crippen LogP contribution < -0.4 is 9.86 Å². The first-order valence-corrected chi connectivity index (χ1v) is 13.4. The van der Waals surface area contributed by atoms with Crippen LogP contribution in [0.1, 0.15) is 36.6 Å². The Morgan fingerprint density at radius 1 is 0.781 bits per heavy atom. The van der Waals surface area contributed by atoms with Crippen molar-refractivity contribution in [3.8, 4) is 11.1 Å². The molecule has 1 unspecified atom stereocenters. The molecule has 0 spiro atoms. The lowest BCUT2D eigenvalue weighted by atomic mass is 10.0. The Kier molecular flexibility index (Phi) is 7.51. The molecule has 0 saturated carbocycles. The zero-order valence-electron chi connectivity index (χ0n) is 18.1. The second kappa shape index (κ2) is 9.95. The monoisotopic (exact) mass is 472 g/mol. The predicted molar refractivity (Wildman–Crippen MR) is 128 cm³/mol. The van der Waals surface area contributed by atoms with Crippen molar-refractivity contribution in [3.05, 3.63) is 90.0 Å². The molecule has 0 radical (unpaired) electrons. The van der Waals surface area contributed by atoms with Crippen molar-refractivity contribution < 1.29 is 16.8 Å². The average Bonchev–Trinajstić information content (AvgIpc) is 2.76. The molecule has 0 bridgehead atoms. The summed E-state index contributed by atoms with van der Waals surface area (Å²) < 4.78 is 51.7. The Bertz CT molecular complexity index is 1240. The van der Waals surface area contributed by atoms with Crippen molar-refractivity contribution in [2.24, 2.45) is 11.1 Å². The van der Waals surface area contributed by atoms with Gasteiger partial charge in [-0.15, -0.1) is 0 Å². The standard InChI is InChI=1S/C24H28N2O4S2/c1-18(2)16-24(22-6-4-3-5-7-22)32(29,30)26-17-19-8-10-20(11-9-19)21-12-14-23(15-13-21)31(25,27)28/h3-15,18,24,26H,16-17H2,1-2H3,(H2,25,27,28). The van der Waals surface area contributed by atoms with Crippen LogP contribution in [0.5, 0.6) is 0 Å². The zero-order chi connectivity index (χ0) is 23.4. The van der Waals surface area contributed by atoms with Crippen LogP contribution in [0.3, 0.4) is 0 Å². The number of hydrogen-bond donors (Lipinski definition) is 2. The average molecular weight is 473 g/mol. The molecule has 0 fully saturated rings. The van der Waals surface area contributed by atoms with E-state index in [-0.39, 0.29) is 17.4 Å². The van der Waals surface area contributed by atoms with Gasteiger partial charge in [0.15, 0.2) is 0 Å². The molecule has 0 heterocycles. The van der Waals surface area contributed by atoms with E-state index in [0.29, 0.717) is 6.42 Å². The summed E-state index contributed by atoms with van der Waals surface area (Å²) in [7, 11) is -7.30. The first kappa shape index (κ1) is 24.1. The summed E-state index contributed by atoms with van der Waals surface area (Å²) in [5, 5.41) is 4.52. The van der Waals surface area contributed by atoms with E-state index in [0.717, 1.165) is 22.3 Å². The van der Waals surface area contributed by atoms with E-state index in [1.807, 2.05) is 68.4 Å². The van der Waals surface area contributed by atoms with Crippen LogP contribution in [-0.4, -0.2) is 16.8 Å². The van der Waals surface area contributed by atoms with Crippen molar-refractivity contribution in [1.82, 2.24) is 4.72 Å². The van der Waals surface area contributed by atoms with Gasteiger partial charge in [0.1, 0.15) is 5.25 Å². The minimum atomic E-state index is -3.73. The second-order valence-electron chi connectivity index (χ2n) is 8.16. The number of primary sulfonamides is 1. The van der Waals surface area contributed by atoms with Gasteiger partial charge in [-0.05, 0) is 46.7 Å². The van der Waals surface area contributed by atoms with Gasteiger partial charge in [-0.2, -0.15) is 0 Å². The van der Waals surface area contributed by atoms with Crippen LogP contribution >= 0.6 is 0 Å². The summed E-state index contributed by atoms with van der Waals surface area (Å²) in [5.41, 5.74) is 3.34. The zero-order valence-corrected chi connectivity index (χ0v) is 19.7. The molecular formula is C24H28N2O4S2. The van der Waals surface area contributed by atoms with E-state index < -0.39 is 25.3 Å². The molecule has 3 aromatic carbocycles. The molecule has 6 nitrogen and oxygen atoms in total. The van der Waals surface area contributed by atoms with E-state index in [4.69, 9.17) is 5.14 Å². The van der Waals surface area contributed by atoms with Gasteiger partial charge in [0.05, 0.1) is 4.90 Å². The van der Waals surface area contributed by atoms with Gasteiger partial charge in [-0.25, -0.2) is 26.7 Å². The quantitative estimate of drug-likeness (QED) is 0.486. The summed E-state index contributed by atoms with van der Waals surface area (Å²) >= 11 is 0. The molecule has 0 aliphatic carbocycles. The van der Waals surface area contributed by atoms with Crippen LogP contribution in [0.4, 0.5) is 0 Å². The molecule has 170 valence electrons. The van der Waals surface area contributed by atoms with Crippen molar-refractivity contribution in [1.29, 1.82) is 0 Å². The van der Waals surface area contributed by atoms with Crippen molar-refractivity contribution in [2.75, 3.05) is 0 Å². The summed E-state index contributed by atoms with van der Waals surface area (Å²) in [5.74, 6) is 0.233. The first-order valence-electron chi connectivity index (χ1n) is 10.3. The van der Waals surface area contributed by atoms with Gasteiger partial charge in [0, 0.05) is 6.54 Å². The fourth-order valence-electron chi connectivity index (χ4n) is 3.47. The summed E-state index contributed by atoms with van der Waals surface area (Å²) in [6.07, 6.45) is 0.535. The highest BCUT2D eigenvalue weighted by Crippen LogP contribution is 2.29. The van der Waals surface area contributed by atoms with Crippen LogP contribution in [-0.2, 0) is 26.6 Å².